The van der Waals surface area contributed by atoms with Crippen molar-refractivity contribution in [3.63, 3.8) is 0 Å². The average molecular weight is 315 g/mol. The van der Waals surface area contributed by atoms with Gasteiger partial charge >= 0.3 is 0 Å². The van der Waals surface area contributed by atoms with Gasteiger partial charge in [-0.25, -0.2) is 0 Å². The van der Waals surface area contributed by atoms with Crippen molar-refractivity contribution < 1.29 is 10.2 Å². The van der Waals surface area contributed by atoms with Crippen molar-refractivity contribution in [1.82, 2.24) is 0 Å². The molecule has 0 radical (unpaired) electrons. The van der Waals surface area contributed by atoms with Crippen molar-refractivity contribution >= 4 is 35.0 Å². The smallest absolute Gasteiger partial charge is 0.117 e. The van der Waals surface area contributed by atoms with Crippen LogP contribution in [-0.2, 0) is 0 Å². The molecular formula is C14H12Cl2O2S. The molecule has 2 aromatic carbocycles. The van der Waals surface area contributed by atoms with Gasteiger partial charge in [0.2, 0.25) is 0 Å². The summed E-state index contributed by atoms with van der Waals surface area (Å²) >= 11 is 13.5. The van der Waals surface area contributed by atoms with Gasteiger partial charge in [-0.3, -0.25) is 0 Å². The zero-order valence-corrected chi connectivity index (χ0v) is 12.2. The Labute approximate surface area is 126 Å². The summed E-state index contributed by atoms with van der Waals surface area (Å²) in [5.74, 6) is 0.522. The Hall–Kier alpha value is -0.870. The van der Waals surface area contributed by atoms with E-state index in [1.165, 1.54) is 23.9 Å². The van der Waals surface area contributed by atoms with E-state index in [1.807, 2.05) is 24.3 Å². The number of benzene rings is 2. The van der Waals surface area contributed by atoms with E-state index >= 15 is 0 Å². The molecule has 0 aliphatic rings. The first kappa shape index (κ1) is 14.5. The molecule has 2 N–H and O–H groups in total. The van der Waals surface area contributed by atoms with Gasteiger partial charge in [0, 0.05) is 16.2 Å². The van der Waals surface area contributed by atoms with Crippen LogP contribution < -0.4 is 0 Å². The molecule has 5 heteroatoms. The molecule has 0 spiro atoms. The standard InChI is InChI=1S/C14H12Cl2O2S/c15-11-3-1-2-4-14(11)19-8-13(18)10-6-5-9(17)7-12(10)16/h1-7,13,17-18H,8H2. The second-order valence-electron chi connectivity index (χ2n) is 3.96. The molecule has 0 aliphatic heterocycles. The van der Waals surface area contributed by atoms with Gasteiger partial charge in [-0.2, -0.15) is 0 Å². The topological polar surface area (TPSA) is 40.5 Å². The summed E-state index contributed by atoms with van der Waals surface area (Å²) in [5.41, 5.74) is 0.596. The number of thioether (sulfide) groups is 1. The molecule has 2 aromatic rings. The predicted molar refractivity (Wildman–Crippen MR) is 80.3 cm³/mol. The molecule has 0 aromatic heterocycles. The normalized spacial score (nSPS) is 12.4. The highest BCUT2D eigenvalue weighted by atomic mass is 35.5. The van der Waals surface area contributed by atoms with Gasteiger partial charge in [-0.15, -0.1) is 11.8 Å². The van der Waals surface area contributed by atoms with Crippen molar-refractivity contribution in [1.29, 1.82) is 0 Å². The average Bonchev–Trinajstić information content (AvgIpc) is 2.37. The summed E-state index contributed by atoms with van der Waals surface area (Å²) in [6.07, 6.45) is -0.714. The third-order valence-electron chi connectivity index (χ3n) is 2.58. The monoisotopic (exact) mass is 314 g/mol. The van der Waals surface area contributed by atoms with Crippen molar-refractivity contribution in [2.24, 2.45) is 0 Å². The highest BCUT2D eigenvalue weighted by molar-refractivity contribution is 7.99. The minimum absolute atomic E-state index is 0.0831. The molecule has 0 aliphatic carbocycles. The number of aliphatic hydroxyl groups excluding tert-OH is 1. The summed E-state index contributed by atoms with van der Waals surface area (Å²) in [6.45, 7) is 0. The zero-order chi connectivity index (χ0) is 13.8. The molecule has 2 rings (SSSR count). The number of aliphatic hydroxyl groups is 1. The molecular weight excluding hydrogens is 303 g/mol. The molecule has 1 unspecified atom stereocenters. The quantitative estimate of drug-likeness (QED) is 0.815. The largest absolute Gasteiger partial charge is 0.508 e. The van der Waals surface area contributed by atoms with Crippen LogP contribution in [-0.4, -0.2) is 16.0 Å². The van der Waals surface area contributed by atoms with Crippen LogP contribution >= 0.6 is 35.0 Å². The van der Waals surface area contributed by atoms with Crippen LogP contribution in [0.3, 0.4) is 0 Å². The minimum atomic E-state index is -0.714. The van der Waals surface area contributed by atoms with Crippen molar-refractivity contribution in [2.75, 3.05) is 5.75 Å². The van der Waals surface area contributed by atoms with Crippen LogP contribution in [0.5, 0.6) is 5.75 Å². The van der Waals surface area contributed by atoms with E-state index in [2.05, 4.69) is 0 Å². The zero-order valence-electron chi connectivity index (χ0n) is 9.88. The highest BCUT2D eigenvalue weighted by Crippen LogP contribution is 2.33. The Morgan fingerprint density at radius 1 is 1.05 bits per heavy atom. The lowest BCUT2D eigenvalue weighted by atomic mass is 10.1. The van der Waals surface area contributed by atoms with E-state index in [0.29, 0.717) is 21.4 Å². The molecule has 100 valence electrons. The highest BCUT2D eigenvalue weighted by Gasteiger charge is 2.13. The number of aromatic hydroxyl groups is 1. The van der Waals surface area contributed by atoms with Crippen molar-refractivity contribution in [3.05, 3.63) is 58.1 Å². The van der Waals surface area contributed by atoms with E-state index in [0.717, 1.165) is 4.90 Å². The number of hydrogen-bond donors (Lipinski definition) is 2. The fourth-order valence-electron chi connectivity index (χ4n) is 1.61. The first-order chi connectivity index (χ1) is 9.08. The molecule has 1 atom stereocenters. The van der Waals surface area contributed by atoms with E-state index in [9.17, 15) is 10.2 Å². The van der Waals surface area contributed by atoms with Gasteiger partial charge in [-0.05, 0) is 24.3 Å². The predicted octanol–water partition coefficient (Wildman–Crippen LogP) is 4.52. The Balaban J connectivity index is 2.05. The lowest BCUT2D eigenvalue weighted by Crippen LogP contribution is -2.01. The van der Waals surface area contributed by atoms with Crippen LogP contribution in [0, 0.1) is 0 Å². The Bertz CT molecular complexity index is 575. The van der Waals surface area contributed by atoms with E-state index in [4.69, 9.17) is 23.2 Å². The van der Waals surface area contributed by atoms with Crippen LogP contribution in [0.2, 0.25) is 10.0 Å². The first-order valence-corrected chi connectivity index (χ1v) is 7.36. The Kier molecular flexibility index (Phi) is 4.99. The van der Waals surface area contributed by atoms with Crippen LogP contribution in [0.25, 0.3) is 0 Å². The molecule has 0 amide bonds. The summed E-state index contributed by atoms with van der Waals surface area (Å²) < 4.78 is 0. The third-order valence-corrected chi connectivity index (χ3v) is 4.49. The summed E-state index contributed by atoms with van der Waals surface area (Å²) in [7, 11) is 0. The molecule has 2 nitrogen and oxygen atoms in total. The Morgan fingerprint density at radius 3 is 2.47 bits per heavy atom. The molecule has 0 heterocycles. The molecule has 0 bridgehead atoms. The van der Waals surface area contributed by atoms with E-state index in [1.54, 1.807) is 6.07 Å². The van der Waals surface area contributed by atoms with Crippen LogP contribution in [0.15, 0.2) is 47.4 Å². The maximum atomic E-state index is 10.1. The van der Waals surface area contributed by atoms with Crippen LogP contribution in [0.4, 0.5) is 0 Å². The maximum Gasteiger partial charge on any atom is 0.117 e. The fourth-order valence-corrected chi connectivity index (χ4v) is 3.10. The molecule has 0 saturated heterocycles. The second kappa shape index (κ2) is 6.53. The lowest BCUT2D eigenvalue weighted by Gasteiger charge is -2.13. The maximum absolute atomic E-state index is 10.1. The Morgan fingerprint density at radius 2 is 1.79 bits per heavy atom. The van der Waals surface area contributed by atoms with Crippen molar-refractivity contribution in [3.8, 4) is 5.75 Å². The van der Waals surface area contributed by atoms with Gasteiger partial charge in [0.05, 0.1) is 16.1 Å². The van der Waals surface area contributed by atoms with Gasteiger partial charge in [0.15, 0.2) is 0 Å². The number of phenols is 1. The first-order valence-electron chi connectivity index (χ1n) is 5.61. The molecule has 0 saturated carbocycles. The second-order valence-corrected chi connectivity index (χ2v) is 5.84. The summed E-state index contributed by atoms with van der Waals surface area (Å²) in [6, 6.07) is 12.0. The third kappa shape index (κ3) is 3.80. The number of rotatable bonds is 4. The summed E-state index contributed by atoms with van der Waals surface area (Å²) in [5, 5.41) is 20.4. The SMILES string of the molecule is Oc1ccc(C(O)CSc2ccccc2Cl)c(Cl)c1. The van der Waals surface area contributed by atoms with E-state index in [-0.39, 0.29) is 5.75 Å². The van der Waals surface area contributed by atoms with Gasteiger partial charge in [-0.1, -0.05) is 41.4 Å². The van der Waals surface area contributed by atoms with Crippen molar-refractivity contribution in [2.45, 2.75) is 11.0 Å². The number of halogens is 2. The lowest BCUT2D eigenvalue weighted by molar-refractivity contribution is 0.204. The van der Waals surface area contributed by atoms with Gasteiger partial charge in [0.1, 0.15) is 5.75 Å². The van der Waals surface area contributed by atoms with Crippen LogP contribution in [0.1, 0.15) is 11.7 Å². The number of hydrogen-bond acceptors (Lipinski definition) is 3. The number of phenolic OH excluding ortho intramolecular Hbond substituents is 1. The molecule has 19 heavy (non-hydrogen) atoms. The van der Waals surface area contributed by atoms with Gasteiger partial charge in [0.25, 0.3) is 0 Å². The molecule has 0 fully saturated rings. The summed E-state index contributed by atoms with van der Waals surface area (Å²) in [4.78, 5) is 0.915. The fraction of sp³-hybridized carbons (Fsp3) is 0.143. The van der Waals surface area contributed by atoms with E-state index < -0.39 is 6.10 Å². The minimum Gasteiger partial charge on any atom is -0.508 e. The van der Waals surface area contributed by atoms with Gasteiger partial charge < -0.3 is 10.2 Å².